The second kappa shape index (κ2) is 10.8. The molecule has 0 aliphatic carbocycles. The Hall–Kier alpha value is -1.84. The normalized spacial score (nSPS) is 12.2. The van der Waals surface area contributed by atoms with Gasteiger partial charge in [0.15, 0.2) is 0 Å². The van der Waals surface area contributed by atoms with E-state index in [9.17, 15) is 9.59 Å². The Morgan fingerprint density at radius 2 is 1.71 bits per heavy atom. The summed E-state index contributed by atoms with van der Waals surface area (Å²) in [6, 6.07) is 8.20. The maximum absolute atomic E-state index is 12.1. The fourth-order valence-electron chi connectivity index (χ4n) is 2.67. The summed E-state index contributed by atoms with van der Waals surface area (Å²) in [5.74, 6) is -0.482. The Labute approximate surface area is 145 Å². The van der Waals surface area contributed by atoms with Gasteiger partial charge in [0.25, 0.3) is 0 Å². The first-order chi connectivity index (χ1) is 11.4. The third kappa shape index (κ3) is 8.14. The van der Waals surface area contributed by atoms with Crippen LogP contribution < -0.4 is 0 Å². The second-order valence-corrected chi connectivity index (χ2v) is 6.77. The van der Waals surface area contributed by atoms with Gasteiger partial charge in [-0.25, -0.2) is 0 Å². The zero-order valence-corrected chi connectivity index (χ0v) is 15.1. The molecule has 0 spiro atoms. The zero-order valence-electron chi connectivity index (χ0n) is 15.1. The minimum absolute atomic E-state index is 0.140. The van der Waals surface area contributed by atoms with E-state index in [0.29, 0.717) is 25.4 Å². The lowest BCUT2D eigenvalue weighted by Crippen LogP contribution is -2.17. The van der Waals surface area contributed by atoms with Gasteiger partial charge in [-0.05, 0) is 42.7 Å². The number of carbonyl (C=O) groups is 2. The molecule has 0 saturated heterocycles. The van der Waals surface area contributed by atoms with Crippen molar-refractivity contribution in [3.05, 3.63) is 35.4 Å². The first-order valence-corrected chi connectivity index (χ1v) is 8.88. The van der Waals surface area contributed by atoms with Crippen LogP contribution in [-0.2, 0) is 27.4 Å². The van der Waals surface area contributed by atoms with Crippen molar-refractivity contribution in [3.63, 3.8) is 0 Å². The van der Waals surface area contributed by atoms with Crippen LogP contribution in [0.1, 0.15) is 64.0 Å². The van der Waals surface area contributed by atoms with Gasteiger partial charge in [0.2, 0.25) is 0 Å². The zero-order chi connectivity index (χ0) is 17.9. The highest BCUT2D eigenvalue weighted by molar-refractivity contribution is 5.72. The van der Waals surface area contributed by atoms with Crippen LogP contribution in [0.15, 0.2) is 24.3 Å². The largest absolute Gasteiger partial charge is 0.481 e. The van der Waals surface area contributed by atoms with Gasteiger partial charge in [0, 0.05) is 6.42 Å². The molecular weight excluding hydrogens is 304 g/mol. The minimum atomic E-state index is -0.786. The molecule has 0 heterocycles. The van der Waals surface area contributed by atoms with Crippen molar-refractivity contribution >= 4 is 11.9 Å². The summed E-state index contributed by atoms with van der Waals surface area (Å²) in [5, 5.41) is 8.63. The highest BCUT2D eigenvalue weighted by Gasteiger charge is 2.17. The van der Waals surface area contributed by atoms with Gasteiger partial charge in [0.1, 0.15) is 6.61 Å². The number of esters is 1. The average molecular weight is 334 g/mol. The number of ether oxygens (including phenoxy) is 1. The number of benzene rings is 1. The molecule has 0 amide bonds. The van der Waals surface area contributed by atoms with E-state index in [4.69, 9.17) is 9.84 Å². The van der Waals surface area contributed by atoms with E-state index in [1.807, 2.05) is 19.1 Å². The molecule has 1 aromatic rings. The Balaban J connectivity index is 2.38. The highest BCUT2D eigenvalue weighted by Crippen LogP contribution is 2.17. The molecule has 134 valence electrons. The number of carboxylic acid groups (broad SMARTS) is 1. The summed E-state index contributed by atoms with van der Waals surface area (Å²) in [7, 11) is 0. The van der Waals surface area contributed by atoms with E-state index in [1.54, 1.807) is 0 Å². The lowest BCUT2D eigenvalue weighted by atomic mass is 9.98. The summed E-state index contributed by atoms with van der Waals surface area (Å²) >= 11 is 0. The number of unbranched alkanes of at least 4 members (excludes halogenated alkanes) is 1. The van der Waals surface area contributed by atoms with Crippen LogP contribution in [0.5, 0.6) is 0 Å². The Bertz CT molecular complexity index is 505. The lowest BCUT2D eigenvalue weighted by molar-refractivity contribution is -0.150. The third-order valence-corrected chi connectivity index (χ3v) is 4.07. The topological polar surface area (TPSA) is 63.6 Å². The van der Waals surface area contributed by atoms with E-state index < -0.39 is 5.97 Å². The summed E-state index contributed by atoms with van der Waals surface area (Å²) < 4.78 is 5.42. The third-order valence-electron chi connectivity index (χ3n) is 4.07. The molecule has 1 N–H and O–H groups in total. The van der Waals surface area contributed by atoms with Crippen LogP contribution in [0, 0.1) is 11.8 Å². The van der Waals surface area contributed by atoms with Crippen molar-refractivity contribution < 1.29 is 19.4 Å². The van der Waals surface area contributed by atoms with Crippen molar-refractivity contribution in [2.45, 2.75) is 65.9 Å². The van der Waals surface area contributed by atoms with Gasteiger partial charge in [0.05, 0.1) is 5.92 Å². The molecule has 1 atom stereocenters. The van der Waals surface area contributed by atoms with E-state index in [1.165, 1.54) is 5.56 Å². The monoisotopic (exact) mass is 334 g/mol. The molecule has 0 saturated carbocycles. The molecule has 0 aromatic heterocycles. The molecule has 0 fully saturated rings. The Morgan fingerprint density at radius 3 is 2.25 bits per heavy atom. The standard InChI is InChI=1S/C20H30O4/c1-4-18(7-5-6-8-19(21)22)20(23)24-14-17-11-9-16(10-12-17)13-15(2)3/h9-12,15,18H,4-8,13-14H2,1-3H3,(H,21,22). The van der Waals surface area contributed by atoms with Crippen molar-refractivity contribution in [2.24, 2.45) is 11.8 Å². The number of hydrogen-bond acceptors (Lipinski definition) is 3. The first-order valence-electron chi connectivity index (χ1n) is 8.88. The fourth-order valence-corrected chi connectivity index (χ4v) is 2.67. The molecule has 0 aliphatic rings. The van der Waals surface area contributed by atoms with Gasteiger partial charge >= 0.3 is 11.9 Å². The van der Waals surface area contributed by atoms with Crippen LogP contribution in [0.25, 0.3) is 0 Å². The SMILES string of the molecule is CCC(CCCCC(=O)O)C(=O)OCc1ccc(CC(C)C)cc1. The summed E-state index contributed by atoms with van der Waals surface area (Å²) in [6.07, 6.45) is 3.97. The quantitative estimate of drug-likeness (QED) is 0.474. The Morgan fingerprint density at radius 1 is 1.08 bits per heavy atom. The predicted molar refractivity (Wildman–Crippen MR) is 94.7 cm³/mol. The molecule has 0 aliphatic heterocycles. The molecule has 4 nitrogen and oxygen atoms in total. The van der Waals surface area contributed by atoms with Crippen molar-refractivity contribution in [2.75, 3.05) is 0 Å². The highest BCUT2D eigenvalue weighted by atomic mass is 16.5. The van der Waals surface area contributed by atoms with Crippen molar-refractivity contribution in [3.8, 4) is 0 Å². The van der Waals surface area contributed by atoms with Crippen LogP contribution in [-0.4, -0.2) is 17.0 Å². The smallest absolute Gasteiger partial charge is 0.309 e. The summed E-state index contributed by atoms with van der Waals surface area (Å²) in [4.78, 5) is 22.6. The first kappa shape index (κ1) is 20.2. The predicted octanol–water partition coefficient (Wildman–Crippen LogP) is 4.60. The molecule has 0 radical (unpaired) electrons. The summed E-state index contributed by atoms with van der Waals surface area (Å²) in [6.45, 7) is 6.64. The van der Waals surface area contributed by atoms with E-state index in [2.05, 4.69) is 26.0 Å². The van der Waals surface area contributed by atoms with Gasteiger partial charge in [-0.2, -0.15) is 0 Å². The Kier molecular flexibility index (Phi) is 9.13. The van der Waals surface area contributed by atoms with Crippen molar-refractivity contribution in [1.29, 1.82) is 0 Å². The summed E-state index contributed by atoms with van der Waals surface area (Å²) in [5.41, 5.74) is 2.29. The van der Waals surface area contributed by atoms with Crippen LogP contribution in [0.2, 0.25) is 0 Å². The van der Waals surface area contributed by atoms with Gasteiger partial charge in [-0.3, -0.25) is 9.59 Å². The van der Waals surface area contributed by atoms with Gasteiger partial charge in [-0.15, -0.1) is 0 Å². The van der Waals surface area contributed by atoms with Crippen LogP contribution in [0.3, 0.4) is 0 Å². The van der Waals surface area contributed by atoms with Crippen LogP contribution >= 0.6 is 0 Å². The second-order valence-electron chi connectivity index (χ2n) is 6.77. The molecule has 1 aromatic carbocycles. The molecule has 24 heavy (non-hydrogen) atoms. The average Bonchev–Trinajstić information content (AvgIpc) is 2.53. The lowest BCUT2D eigenvalue weighted by Gasteiger charge is -2.14. The maximum Gasteiger partial charge on any atom is 0.309 e. The molecule has 1 unspecified atom stereocenters. The minimum Gasteiger partial charge on any atom is -0.481 e. The number of carbonyl (C=O) groups excluding carboxylic acids is 1. The number of carboxylic acids is 1. The number of hydrogen-bond donors (Lipinski definition) is 1. The van der Waals surface area contributed by atoms with E-state index >= 15 is 0 Å². The molecular formula is C20H30O4. The van der Waals surface area contributed by atoms with E-state index in [0.717, 1.165) is 24.8 Å². The van der Waals surface area contributed by atoms with Gasteiger partial charge in [-0.1, -0.05) is 51.5 Å². The number of rotatable bonds is 11. The van der Waals surface area contributed by atoms with Crippen LogP contribution in [0.4, 0.5) is 0 Å². The number of aliphatic carboxylic acids is 1. The molecule has 0 bridgehead atoms. The van der Waals surface area contributed by atoms with Gasteiger partial charge < -0.3 is 9.84 Å². The maximum atomic E-state index is 12.1. The van der Waals surface area contributed by atoms with Crippen molar-refractivity contribution in [1.82, 2.24) is 0 Å². The van der Waals surface area contributed by atoms with E-state index in [-0.39, 0.29) is 18.3 Å². The molecule has 4 heteroatoms. The molecule has 1 rings (SSSR count). The fraction of sp³-hybridized carbons (Fsp3) is 0.600.